The number of hydrogen-bond donors (Lipinski definition) is 1. The minimum Gasteiger partial charge on any atom is -0.493 e. The Hall–Kier alpha value is -3.13. The standard InChI is InChI=1S/C32H40F2N2O4/c1-18-22-9-8-14-39-26(22)11-10-23(18)27-19(2)24-15-36(21(4)35-13-12-32(33,34)17-35)16-25(24)20(3)28(27)29(30(37)38)40-31(5,6)7/h10-11,29H,4,8-9,12-17H2,1-3,5-7H3,(H,37,38)/t29-/m0/s1. The van der Waals surface area contributed by atoms with E-state index in [-0.39, 0.29) is 19.5 Å². The van der Waals surface area contributed by atoms with E-state index >= 15 is 0 Å². The summed E-state index contributed by atoms with van der Waals surface area (Å²) in [6, 6.07) is 4.02. The second-order valence-electron chi connectivity index (χ2n) is 12.4. The molecule has 40 heavy (non-hydrogen) atoms. The van der Waals surface area contributed by atoms with Crippen molar-refractivity contribution in [2.24, 2.45) is 0 Å². The monoisotopic (exact) mass is 554 g/mol. The third-order valence-electron chi connectivity index (χ3n) is 8.53. The average Bonchev–Trinajstić information content (AvgIpc) is 3.49. The van der Waals surface area contributed by atoms with Crippen molar-refractivity contribution in [3.8, 4) is 16.9 Å². The normalized spacial score (nSPS) is 18.8. The van der Waals surface area contributed by atoms with Gasteiger partial charge in [-0.3, -0.25) is 0 Å². The highest BCUT2D eigenvalue weighted by Crippen LogP contribution is 2.47. The van der Waals surface area contributed by atoms with E-state index in [9.17, 15) is 18.7 Å². The molecule has 0 unspecified atom stereocenters. The Morgan fingerprint density at radius 1 is 1.07 bits per heavy atom. The van der Waals surface area contributed by atoms with Crippen molar-refractivity contribution in [3.63, 3.8) is 0 Å². The van der Waals surface area contributed by atoms with E-state index in [2.05, 4.69) is 13.5 Å². The van der Waals surface area contributed by atoms with Gasteiger partial charge in [0.1, 0.15) is 5.75 Å². The summed E-state index contributed by atoms with van der Waals surface area (Å²) in [5.74, 6) is -2.29. The molecule has 0 radical (unpaired) electrons. The molecular formula is C32H40F2N2O4. The quantitative estimate of drug-likeness (QED) is 0.430. The summed E-state index contributed by atoms with van der Waals surface area (Å²) in [6.45, 7) is 17.5. The number of aliphatic carboxylic acids is 1. The third-order valence-corrected chi connectivity index (χ3v) is 8.53. The van der Waals surface area contributed by atoms with Crippen molar-refractivity contribution in [1.82, 2.24) is 9.80 Å². The minimum atomic E-state index is -2.71. The molecule has 0 amide bonds. The largest absolute Gasteiger partial charge is 0.493 e. The number of rotatable bonds is 6. The van der Waals surface area contributed by atoms with Gasteiger partial charge in [0.25, 0.3) is 5.92 Å². The highest BCUT2D eigenvalue weighted by molar-refractivity contribution is 5.85. The van der Waals surface area contributed by atoms with Gasteiger partial charge >= 0.3 is 5.97 Å². The number of carboxylic acids is 1. The maximum Gasteiger partial charge on any atom is 0.337 e. The zero-order valence-electron chi connectivity index (χ0n) is 24.4. The van der Waals surface area contributed by atoms with E-state index in [1.165, 1.54) is 0 Å². The summed E-state index contributed by atoms with van der Waals surface area (Å²) in [6.07, 6.45) is 0.483. The number of ether oxygens (including phenoxy) is 2. The van der Waals surface area contributed by atoms with Crippen LogP contribution in [0.25, 0.3) is 11.1 Å². The molecule has 1 saturated heterocycles. The number of fused-ring (bicyclic) bond motifs is 2. The number of nitrogens with zero attached hydrogens (tertiary/aromatic N) is 2. The zero-order valence-corrected chi connectivity index (χ0v) is 24.4. The molecule has 8 heteroatoms. The summed E-state index contributed by atoms with van der Waals surface area (Å²) >= 11 is 0. The Labute approximate surface area is 235 Å². The minimum absolute atomic E-state index is 0.176. The van der Waals surface area contributed by atoms with Gasteiger partial charge in [0.05, 0.1) is 24.6 Å². The van der Waals surface area contributed by atoms with E-state index in [1.807, 2.05) is 51.7 Å². The van der Waals surface area contributed by atoms with Gasteiger partial charge in [-0.1, -0.05) is 12.6 Å². The van der Waals surface area contributed by atoms with Crippen LogP contribution in [-0.4, -0.2) is 52.1 Å². The van der Waals surface area contributed by atoms with Crippen molar-refractivity contribution < 1.29 is 28.2 Å². The van der Waals surface area contributed by atoms with Crippen molar-refractivity contribution in [1.29, 1.82) is 0 Å². The van der Waals surface area contributed by atoms with Crippen LogP contribution in [0.2, 0.25) is 0 Å². The summed E-state index contributed by atoms with van der Waals surface area (Å²) in [7, 11) is 0. The first-order chi connectivity index (χ1) is 18.7. The fourth-order valence-corrected chi connectivity index (χ4v) is 6.50. The second kappa shape index (κ2) is 10.1. The molecule has 0 spiro atoms. The predicted octanol–water partition coefficient (Wildman–Crippen LogP) is 6.67. The Balaban J connectivity index is 1.67. The molecule has 6 nitrogen and oxygen atoms in total. The molecule has 0 aliphatic carbocycles. The van der Waals surface area contributed by atoms with Crippen LogP contribution in [0, 0.1) is 20.8 Å². The van der Waals surface area contributed by atoms with Gasteiger partial charge in [-0.05, 0) is 105 Å². The Bertz CT molecular complexity index is 1380. The first-order valence-corrected chi connectivity index (χ1v) is 14.1. The number of benzene rings is 2. The molecule has 3 aliphatic heterocycles. The molecule has 1 fully saturated rings. The van der Waals surface area contributed by atoms with E-state index in [0.717, 1.165) is 63.1 Å². The van der Waals surface area contributed by atoms with Crippen LogP contribution in [0.15, 0.2) is 24.5 Å². The molecule has 1 N–H and O–H groups in total. The van der Waals surface area contributed by atoms with Gasteiger partial charge < -0.3 is 24.4 Å². The highest BCUT2D eigenvalue weighted by atomic mass is 19.3. The van der Waals surface area contributed by atoms with Crippen molar-refractivity contribution in [2.45, 2.75) is 91.5 Å². The maximum atomic E-state index is 14.0. The lowest BCUT2D eigenvalue weighted by atomic mass is 9.81. The van der Waals surface area contributed by atoms with E-state index in [4.69, 9.17) is 9.47 Å². The summed E-state index contributed by atoms with van der Waals surface area (Å²) < 4.78 is 40.2. The smallest absolute Gasteiger partial charge is 0.337 e. The van der Waals surface area contributed by atoms with Crippen LogP contribution in [0.5, 0.6) is 5.75 Å². The van der Waals surface area contributed by atoms with Gasteiger partial charge in [-0.2, -0.15) is 0 Å². The lowest BCUT2D eigenvalue weighted by Crippen LogP contribution is -2.32. The van der Waals surface area contributed by atoms with Crippen molar-refractivity contribution in [2.75, 3.05) is 19.7 Å². The first kappa shape index (κ1) is 28.4. The van der Waals surface area contributed by atoms with Crippen LogP contribution in [0.3, 0.4) is 0 Å². The first-order valence-electron chi connectivity index (χ1n) is 14.1. The average molecular weight is 555 g/mol. The van der Waals surface area contributed by atoms with Crippen LogP contribution < -0.4 is 4.74 Å². The molecule has 5 rings (SSSR count). The molecule has 2 aromatic carbocycles. The number of alkyl halides is 2. The molecule has 216 valence electrons. The number of hydrogen-bond acceptors (Lipinski definition) is 5. The van der Waals surface area contributed by atoms with Gasteiger partial charge in [0, 0.05) is 31.6 Å². The lowest BCUT2D eigenvalue weighted by molar-refractivity contribution is -0.160. The summed E-state index contributed by atoms with van der Waals surface area (Å²) in [5.41, 5.74) is 8.01. The summed E-state index contributed by atoms with van der Waals surface area (Å²) in [5, 5.41) is 10.5. The molecule has 0 saturated carbocycles. The predicted molar refractivity (Wildman–Crippen MR) is 151 cm³/mol. The molecular weight excluding hydrogens is 514 g/mol. The number of likely N-dealkylation sites (tertiary alicyclic amines) is 1. The Kier molecular flexibility index (Phi) is 7.14. The van der Waals surface area contributed by atoms with E-state index in [0.29, 0.717) is 31.1 Å². The van der Waals surface area contributed by atoms with E-state index in [1.54, 1.807) is 4.90 Å². The fraction of sp³-hybridized carbons (Fsp3) is 0.531. The van der Waals surface area contributed by atoms with Crippen LogP contribution in [0.1, 0.15) is 78.7 Å². The molecule has 3 heterocycles. The third kappa shape index (κ3) is 5.06. The van der Waals surface area contributed by atoms with E-state index < -0.39 is 23.6 Å². The van der Waals surface area contributed by atoms with Gasteiger partial charge in [0.15, 0.2) is 6.10 Å². The van der Waals surface area contributed by atoms with Crippen molar-refractivity contribution in [3.05, 3.63) is 63.5 Å². The molecule has 0 aromatic heterocycles. The Morgan fingerprint density at radius 3 is 2.35 bits per heavy atom. The Morgan fingerprint density at radius 2 is 1.75 bits per heavy atom. The topological polar surface area (TPSA) is 62.2 Å². The van der Waals surface area contributed by atoms with Gasteiger partial charge in [0.2, 0.25) is 0 Å². The SMILES string of the molecule is C=C(N1Cc2c(C)c(-c3ccc4c(c3C)CCCO4)c([C@H](OC(C)(C)C)C(=O)O)c(C)c2C1)N1CCC(F)(F)C1. The number of carbonyl (C=O) groups is 1. The number of carboxylic acid groups (broad SMARTS) is 1. The van der Waals surface area contributed by atoms with Gasteiger partial charge in [-0.25, -0.2) is 13.6 Å². The van der Waals surface area contributed by atoms with Crippen molar-refractivity contribution >= 4 is 5.97 Å². The molecule has 0 bridgehead atoms. The lowest BCUT2D eigenvalue weighted by Gasteiger charge is -2.31. The second-order valence-corrected chi connectivity index (χ2v) is 12.4. The van der Waals surface area contributed by atoms with Crippen LogP contribution in [0.4, 0.5) is 8.78 Å². The molecule has 3 aliphatic rings. The summed E-state index contributed by atoms with van der Waals surface area (Å²) in [4.78, 5) is 16.5. The molecule has 1 atom stereocenters. The van der Waals surface area contributed by atoms with Crippen LogP contribution >= 0.6 is 0 Å². The maximum absolute atomic E-state index is 14.0. The number of halogens is 2. The fourth-order valence-electron chi connectivity index (χ4n) is 6.50. The zero-order chi connectivity index (χ0) is 29.1. The molecule has 2 aromatic rings. The van der Waals surface area contributed by atoms with Crippen LogP contribution in [-0.2, 0) is 29.0 Å². The highest BCUT2D eigenvalue weighted by Gasteiger charge is 2.41. The van der Waals surface area contributed by atoms with Gasteiger partial charge in [-0.15, -0.1) is 0 Å².